The third kappa shape index (κ3) is 3.55. The van der Waals surface area contributed by atoms with E-state index in [9.17, 15) is 4.79 Å². The number of hydrogen-bond acceptors (Lipinski definition) is 3. The molecule has 4 heteroatoms. The third-order valence-electron chi connectivity index (χ3n) is 2.76. The molecule has 0 fully saturated rings. The van der Waals surface area contributed by atoms with Crippen LogP contribution in [-0.2, 0) is 6.54 Å². The summed E-state index contributed by atoms with van der Waals surface area (Å²) in [5.41, 5.74) is 1.83. The van der Waals surface area contributed by atoms with Gasteiger partial charge in [0, 0.05) is 20.2 Å². The van der Waals surface area contributed by atoms with Crippen LogP contribution in [-0.4, -0.2) is 23.9 Å². The van der Waals surface area contributed by atoms with E-state index >= 15 is 0 Å². The Morgan fingerprint density at radius 2 is 2.00 bits per heavy atom. The summed E-state index contributed by atoms with van der Waals surface area (Å²) in [6, 6.07) is 11.6. The lowest BCUT2D eigenvalue weighted by Crippen LogP contribution is -2.23. The third-order valence-corrected chi connectivity index (χ3v) is 2.76. The van der Waals surface area contributed by atoms with E-state index in [-0.39, 0.29) is 5.56 Å². The first-order valence-corrected chi connectivity index (χ1v) is 6.13. The Morgan fingerprint density at radius 1 is 1.26 bits per heavy atom. The molecule has 0 amide bonds. The highest BCUT2D eigenvalue weighted by Crippen LogP contribution is 2.04. The minimum atomic E-state index is -0.0936. The van der Waals surface area contributed by atoms with Gasteiger partial charge in [-0.3, -0.25) is 4.79 Å². The molecule has 0 radical (unpaired) electrons. The van der Waals surface area contributed by atoms with E-state index in [2.05, 4.69) is 5.10 Å². The topological polar surface area (TPSA) is 38.1 Å². The highest BCUT2D eigenvalue weighted by atomic mass is 16.1. The van der Waals surface area contributed by atoms with Crippen molar-refractivity contribution in [2.24, 2.45) is 0 Å². The van der Waals surface area contributed by atoms with Gasteiger partial charge in [0.2, 0.25) is 0 Å². The average molecular weight is 255 g/mol. The van der Waals surface area contributed by atoms with Crippen LogP contribution >= 0.6 is 0 Å². The van der Waals surface area contributed by atoms with Gasteiger partial charge < -0.3 is 4.90 Å². The number of aromatic nitrogens is 2. The van der Waals surface area contributed by atoms with Crippen molar-refractivity contribution in [2.45, 2.75) is 6.54 Å². The van der Waals surface area contributed by atoms with Crippen molar-refractivity contribution in [3.8, 4) is 0 Å². The van der Waals surface area contributed by atoms with E-state index in [1.165, 1.54) is 4.68 Å². The van der Waals surface area contributed by atoms with Crippen LogP contribution in [0.1, 0.15) is 5.56 Å². The Labute approximate surface area is 112 Å². The predicted octanol–water partition coefficient (Wildman–Crippen LogP) is 2.02. The second kappa shape index (κ2) is 6.00. The number of benzene rings is 1. The number of allylic oxidation sites excluding steroid dienone is 1. The summed E-state index contributed by atoms with van der Waals surface area (Å²) in [6.45, 7) is 0.474. The second-order valence-electron chi connectivity index (χ2n) is 4.44. The van der Waals surface area contributed by atoms with Gasteiger partial charge in [0.1, 0.15) is 0 Å². The SMILES string of the molecule is CN(C)c1cnn(CC=Cc2ccccc2)c(=O)c1. The standard InChI is InChI=1S/C15H17N3O/c1-17(2)14-11-15(19)18(16-12-14)10-6-9-13-7-4-3-5-8-13/h3-9,11-12H,10H2,1-2H3. The molecule has 0 aliphatic carbocycles. The van der Waals surface area contributed by atoms with Gasteiger partial charge in [-0.05, 0) is 5.56 Å². The van der Waals surface area contributed by atoms with Crippen molar-refractivity contribution in [1.29, 1.82) is 0 Å². The molecular formula is C15H17N3O. The largest absolute Gasteiger partial charge is 0.376 e. The van der Waals surface area contributed by atoms with Crippen LogP contribution in [0.25, 0.3) is 6.08 Å². The first-order valence-electron chi connectivity index (χ1n) is 6.13. The lowest BCUT2D eigenvalue weighted by molar-refractivity contribution is 0.652. The van der Waals surface area contributed by atoms with Crippen LogP contribution in [0.15, 0.2) is 53.5 Å². The molecule has 0 saturated carbocycles. The summed E-state index contributed by atoms with van der Waals surface area (Å²) in [6.07, 6.45) is 5.60. The molecule has 19 heavy (non-hydrogen) atoms. The van der Waals surface area contributed by atoms with E-state index in [0.29, 0.717) is 6.54 Å². The van der Waals surface area contributed by atoms with Crippen LogP contribution in [0.5, 0.6) is 0 Å². The summed E-state index contributed by atoms with van der Waals surface area (Å²) in [7, 11) is 3.77. The molecule has 0 aliphatic heterocycles. The lowest BCUT2D eigenvalue weighted by atomic mass is 10.2. The van der Waals surface area contributed by atoms with E-state index in [1.54, 1.807) is 12.3 Å². The molecule has 98 valence electrons. The van der Waals surface area contributed by atoms with Crippen LogP contribution in [0.2, 0.25) is 0 Å². The van der Waals surface area contributed by atoms with Gasteiger partial charge >= 0.3 is 0 Å². The molecule has 0 aliphatic rings. The zero-order valence-electron chi connectivity index (χ0n) is 11.2. The summed E-state index contributed by atoms with van der Waals surface area (Å²) in [5, 5.41) is 4.14. The minimum Gasteiger partial charge on any atom is -0.376 e. The maximum Gasteiger partial charge on any atom is 0.269 e. The van der Waals surface area contributed by atoms with Gasteiger partial charge in [-0.2, -0.15) is 5.10 Å². The van der Waals surface area contributed by atoms with Crippen LogP contribution in [0.3, 0.4) is 0 Å². The Kier molecular flexibility index (Phi) is 4.13. The molecule has 1 aromatic heterocycles. The van der Waals surface area contributed by atoms with Gasteiger partial charge in [0.25, 0.3) is 5.56 Å². The minimum absolute atomic E-state index is 0.0936. The molecule has 4 nitrogen and oxygen atoms in total. The van der Waals surface area contributed by atoms with E-state index in [4.69, 9.17) is 0 Å². The molecule has 0 N–H and O–H groups in total. The number of rotatable bonds is 4. The summed E-state index contributed by atoms with van der Waals surface area (Å²) in [4.78, 5) is 13.7. The fourth-order valence-electron chi connectivity index (χ4n) is 1.66. The van der Waals surface area contributed by atoms with Crippen molar-refractivity contribution in [3.63, 3.8) is 0 Å². The van der Waals surface area contributed by atoms with Gasteiger partial charge in [0.15, 0.2) is 0 Å². The average Bonchev–Trinajstić information content (AvgIpc) is 2.41. The maximum absolute atomic E-state index is 11.8. The van der Waals surface area contributed by atoms with Gasteiger partial charge in [-0.1, -0.05) is 42.5 Å². The van der Waals surface area contributed by atoms with Crippen LogP contribution < -0.4 is 10.5 Å². The molecule has 1 aromatic carbocycles. The Bertz CT molecular complexity index is 615. The smallest absolute Gasteiger partial charge is 0.269 e. The molecule has 2 rings (SSSR count). The highest BCUT2D eigenvalue weighted by molar-refractivity contribution is 5.48. The fourth-order valence-corrected chi connectivity index (χ4v) is 1.66. The number of hydrogen-bond donors (Lipinski definition) is 0. The monoisotopic (exact) mass is 255 g/mol. The molecule has 0 unspecified atom stereocenters. The number of nitrogens with zero attached hydrogens (tertiary/aromatic N) is 3. The number of anilines is 1. The summed E-state index contributed by atoms with van der Waals surface area (Å²) >= 11 is 0. The quantitative estimate of drug-likeness (QED) is 0.839. The van der Waals surface area contributed by atoms with Crippen molar-refractivity contribution >= 4 is 11.8 Å². The molecule has 0 bridgehead atoms. The summed E-state index contributed by atoms with van der Waals surface area (Å²) in [5.74, 6) is 0. The van der Waals surface area contributed by atoms with Crippen molar-refractivity contribution < 1.29 is 0 Å². The fraction of sp³-hybridized carbons (Fsp3) is 0.200. The molecule has 1 heterocycles. The molecule has 0 spiro atoms. The Morgan fingerprint density at radius 3 is 2.63 bits per heavy atom. The lowest BCUT2D eigenvalue weighted by Gasteiger charge is -2.11. The van der Waals surface area contributed by atoms with Crippen molar-refractivity contribution in [1.82, 2.24) is 9.78 Å². The first-order chi connectivity index (χ1) is 9.16. The zero-order valence-corrected chi connectivity index (χ0v) is 11.2. The second-order valence-corrected chi connectivity index (χ2v) is 4.44. The molecule has 0 atom stereocenters. The van der Waals surface area contributed by atoms with Gasteiger partial charge in [0.05, 0.1) is 18.4 Å². The van der Waals surface area contributed by atoms with Crippen LogP contribution in [0.4, 0.5) is 5.69 Å². The van der Waals surface area contributed by atoms with E-state index in [0.717, 1.165) is 11.3 Å². The first kappa shape index (κ1) is 13.1. The Hall–Kier alpha value is -2.36. The van der Waals surface area contributed by atoms with E-state index in [1.807, 2.05) is 61.5 Å². The van der Waals surface area contributed by atoms with Gasteiger partial charge in [-0.15, -0.1) is 0 Å². The molecule has 0 saturated heterocycles. The Balaban J connectivity index is 2.08. The normalized spacial score (nSPS) is 10.8. The zero-order chi connectivity index (χ0) is 13.7. The van der Waals surface area contributed by atoms with Crippen molar-refractivity contribution in [2.75, 3.05) is 19.0 Å². The molecule has 2 aromatic rings. The van der Waals surface area contributed by atoms with Gasteiger partial charge in [-0.25, -0.2) is 4.68 Å². The maximum atomic E-state index is 11.8. The highest BCUT2D eigenvalue weighted by Gasteiger charge is 1.99. The van der Waals surface area contributed by atoms with E-state index < -0.39 is 0 Å². The van der Waals surface area contributed by atoms with Crippen LogP contribution in [0, 0.1) is 0 Å². The summed E-state index contributed by atoms with van der Waals surface area (Å²) < 4.78 is 1.44. The molecular weight excluding hydrogens is 238 g/mol. The predicted molar refractivity (Wildman–Crippen MR) is 78.3 cm³/mol. The van der Waals surface area contributed by atoms with Crippen molar-refractivity contribution in [3.05, 3.63) is 64.6 Å².